The summed E-state index contributed by atoms with van der Waals surface area (Å²) < 4.78 is 4.75. The van der Waals surface area contributed by atoms with Gasteiger partial charge in [-0.05, 0) is 23.5 Å². The first-order valence-electron chi connectivity index (χ1n) is 6.06. The van der Waals surface area contributed by atoms with E-state index in [0.29, 0.717) is 17.0 Å². The number of rotatable bonds is 4. The first-order chi connectivity index (χ1) is 8.99. The van der Waals surface area contributed by atoms with Crippen LogP contribution in [-0.2, 0) is 6.42 Å². The lowest BCUT2D eigenvalue weighted by molar-refractivity contribution is 0.0686. The summed E-state index contributed by atoms with van der Waals surface area (Å²) in [5.74, 6) is -0.559. The molecule has 5 heteroatoms. The first kappa shape index (κ1) is 13.1. The summed E-state index contributed by atoms with van der Waals surface area (Å²) in [7, 11) is 0. The Morgan fingerprint density at radius 1 is 1.37 bits per heavy atom. The van der Waals surface area contributed by atoms with Crippen LogP contribution in [0.2, 0.25) is 0 Å². The van der Waals surface area contributed by atoms with Crippen molar-refractivity contribution in [3.8, 4) is 11.1 Å². The molecule has 1 aromatic heterocycles. The number of nitrogens with two attached hydrogens (primary N) is 1. The van der Waals surface area contributed by atoms with Crippen LogP contribution in [0.1, 0.15) is 29.9 Å². The summed E-state index contributed by atoms with van der Waals surface area (Å²) in [5.41, 5.74) is 7.71. The molecule has 2 rings (SSSR count). The third-order valence-corrected chi connectivity index (χ3v) is 2.81. The van der Waals surface area contributed by atoms with Crippen molar-refractivity contribution < 1.29 is 14.4 Å². The number of nitrogen functional groups attached to an aromatic ring is 1. The number of aromatic nitrogens is 1. The lowest BCUT2D eigenvalue weighted by Gasteiger charge is -2.06. The number of nitrogens with zero attached hydrogens (tertiary/aromatic N) is 1. The van der Waals surface area contributed by atoms with Crippen LogP contribution in [0.25, 0.3) is 11.1 Å². The number of carbonyl (C=O) groups is 1. The topological polar surface area (TPSA) is 89.3 Å². The molecule has 5 nitrogen and oxygen atoms in total. The molecule has 0 bridgehead atoms. The molecule has 3 N–H and O–H groups in total. The Kier molecular flexibility index (Phi) is 3.55. The van der Waals surface area contributed by atoms with Crippen molar-refractivity contribution in [1.29, 1.82) is 0 Å². The van der Waals surface area contributed by atoms with E-state index in [4.69, 9.17) is 15.4 Å². The average molecular weight is 260 g/mol. The van der Waals surface area contributed by atoms with Gasteiger partial charge in [0.15, 0.2) is 0 Å². The number of aromatic carboxylic acids is 1. The quantitative estimate of drug-likeness (QED) is 0.882. The molecule has 19 heavy (non-hydrogen) atoms. The van der Waals surface area contributed by atoms with E-state index in [0.717, 1.165) is 6.42 Å². The zero-order valence-corrected chi connectivity index (χ0v) is 10.9. The Morgan fingerprint density at radius 2 is 2.00 bits per heavy atom. The molecule has 0 saturated carbocycles. The van der Waals surface area contributed by atoms with Crippen molar-refractivity contribution in [2.45, 2.75) is 20.3 Å². The molecule has 0 fully saturated rings. The van der Waals surface area contributed by atoms with E-state index in [1.54, 1.807) is 0 Å². The second kappa shape index (κ2) is 5.14. The highest BCUT2D eigenvalue weighted by Gasteiger charge is 2.21. The second-order valence-electron chi connectivity index (χ2n) is 4.87. The van der Waals surface area contributed by atoms with Gasteiger partial charge in [-0.25, -0.2) is 4.79 Å². The van der Waals surface area contributed by atoms with Gasteiger partial charge >= 0.3 is 5.97 Å². The van der Waals surface area contributed by atoms with E-state index in [2.05, 4.69) is 19.0 Å². The standard InChI is InChI=1S/C14H16N2O3/c1-8(2)7-9-3-5-10(6-4-9)11-12(14(17)18)16-19-13(11)15/h3-6,8H,7,15H2,1-2H3,(H,17,18). The molecule has 0 saturated heterocycles. The molecule has 0 radical (unpaired) electrons. The summed E-state index contributed by atoms with van der Waals surface area (Å²) in [6.07, 6.45) is 0.977. The van der Waals surface area contributed by atoms with Crippen molar-refractivity contribution in [3.63, 3.8) is 0 Å². The minimum absolute atomic E-state index is 0.0222. The molecule has 100 valence electrons. The highest BCUT2D eigenvalue weighted by molar-refractivity contribution is 5.96. The predicted molar refractivity (Wildman–Crippen MR) is 71.9 cm³/mol. The van der Waals surface area contributed by atoms with E-state index in [1.165, 1.54) is 5.56 Å². The summed E-state index contributed by atoms with van der Waals surface area (Å²) in [6, 6.07) is 7.61. The molecule has 0 amide bonds. The Balaban J connectivity index is 2.37. The van der Waals surface area contributed by atoms with Gasteiger partial charge in [-0.2, -0.15) is 0 Å². The lowest BCUT2D eigenvalue weighted by atomic mass is 9.99. The zero-order chi connectivity index (χ0) is 14.0. The molecule has 0 atom stereocenters. The van der Waals surface area contributed by atoms with E-state index >= 15 is 0 Å². The summed E-state index contributed by atoms with van der Waals surface area (Å²) in [4.78, 5) is 11.0. The van der Waals surface area contributed by atoms with Crippen LogP contribution in [0.3, 0.4) is 0 Å². The average Bonchev–Trinajstić information content (AvgIpc) is 2.71. The van der Waals surface area contributed by atoms with Crippen LogP contribution in [0.5, 0.6) is 0 Å². The van der Waals surface area contributed by atoms with E-state index in [9.17, 15) is 4.79 Å². The molecule has 0 aliphatic heterocycles. The fourth-order valence-corrected chi connectivity index (χ4v) is 2.01. The van der Waals surface area contributed by atoms with Crippen LogP contribution in [0.15, 0.2) is 28.8 Å². The maximum absolute atomic E-state index is 11.0. The minimum atomic E-state index is -1.15. The van der Waals surface area contributed by atoms with E-state index in [-0.39, 0.29) is 11.6 Å². The van der Waals surface area contributed by atoms with Crippen LogP contribution in [-0.4, -0.2) is 16.2 Å². The Morgan fingerprint density at radius 3 is 2.53 bits per heavy atom. The number of benzene rings is 1. The van der Waals surface area contributed by atoms with Crippen molar-refractivity contribution in [2.75, 3.05) is 5.73 Å². The number of carboxylic acids is 1. The van der Waals surface area contributed by atoms with Gasteiger partial charge in [-0.1, -0.05) is 43.3 Å². The van der Waals surface area contributed by atoms with E-state index in [1.807, 2.05) is 24.3 Å². The molecule has 1 heterocycles. The van der Waals surface area contributed by atoms with Gasteiger partial charge in [0.25, 0.3) is 0 Å². The summed E-state index contributed by atoms with van der Waals surface area (Å²) in [5, 5.41) is 12.5. The third-order valence-electron chi connectivity index (χ3n) is 2.81. The zero-order valence-electron chi connectivity index (χ0n) is 10.9. The highest BCUT2D eigenvalue weighted by atomic mass is 16.5. The largest absolute Gasteiger partial charge is 0.476 e. The second-order valence-corrected chi connectivity index (χ2v) is 4.87. The van der Waals surface area contributed by atoms with Crippen LogP contribution >= 0.6 is 0 Å². The number of hydrogen-bond acceptors (Lipinski definition) is 4. The van der Waals surface area contributed by atoms with Gasteiger partial charge in [0.1, 0.15) is 0 Å². The van der Waals surface area contributed by atoms with Gasteiger partial charge in [0.2, 0.25) is 11.6 Å². The molecular weight excluding hydrogens is 244 g/mol. The van der Waals surface area contributed by atoms with Crippen molar-refractivity contribution >= 4 is 11.9 Å². The fraction of sp³-hybridized carbons (Fsp3) is 0.286. The first-order valence-corrected chi connectivity index (χ1v) is 6.06. The fourth-order valence-electron chi connectivity index (χ4n) is 2.01. The van der Waals surface area contributed by atoms with Gasteiger partial charge in [-0.15, -0.1) is 0 Å². The molecule has 0 aliphatic carbocycles. The van der Waals surface area contributed by atoms with Gasteiger partial charge in [0.05, 0.1) is 5.56 Å². The Bertz CT molecular complexity index is 585. The highest BCUT2D eigenvalue weighted by Crippen LogP contribution is 2.30. The maximum atomic E-state index is 11.0. The SMILES string of the molecule is CC(C)Cc1ccc(-c2c(C(=O)O)noc2N)cc1. The number of carboxylic acid groups (broad SMARTS) is 1. The molecule has 0 spiro atoms. The minimum Gasteiger partial charge on any atom is -0.476 e. The van der Waals surface area contributed by atoms with Gasteiger partial charge in [-0.3, -0.25) is 0 Å². The summed E-state index contributed by atoms with van der Waals surface area (Å²) >= 11 is 0. The monoisotopic (exact) mass is 260 g/mol. The van der Waals surface area contributed by atoms with Crippen LogP contribution in [0, 0.1) is 5.92 Å². The van der Waals surface area contributed by atoms with E-state index < -0.39 is 5.97 Å². The third kappa shape index (κ3) is 2.76. The molecule has 0 unspecified atom stereocenters. The molecule has 2 aromatic rings. The van der Waals surface area contributed by atoms with Crippen LogP contribution < -0.4 is 5.73 Å². The molecular formula is C14H16N2O3. The predicted octanol–water partition coefficient (Wildman–Crippen LogP) is 2.82. The number of anilines is 1. The van der Waals surface area contributed by atoms with Gasteiger partial charge in [0, 0.05) is 0 Å². The van der Waals surface area contributed by atoms with Crippen molar-refractivity contribution in [1.82, 2.24) is 5.16 Å². The Hall–Kier alpha value is -2.30. The number of hydrogen-bond donors (Lipinski definition) is 2. The molecule has 1 aromatic carbocycles. The summed E-state index contributed by atoms with van der Waals surface area (Å²) in [6.45, 7) is 4.29. The maximum Gasteiger partial charge on any atom is 0.358 e. The van der Waals surface area contributed by atoms with Gasteiger partial charge < -0.3 is 15.4 Å². The normalized spacial score (nSPS) is 10.9. The molecule has 0 aliphatic rings. The van der Waals surface area contributed by atoms with Crippen molar-refractivity contribution in [2.24, 2.45) is 5.92 Å². The smallest absolute Gasteiger partial charge is 0.358 e. The lowest BCUT2D eigenvalue weighted by Crippen LogP contribution is -2.00. The Labute approximate surface area is 111 Å². The van der Waals surface area contributed by atoms with Crippen molar-refractivity contribution in [3.05, 3.63) is 35.5 Å². The van der Waals surface area contributed by atoms with Crippen LogP contribution in [0.4, 0.5) is 5.88 Å².